The van der Waals surface area contributed by atoms with Gasteiger partial charge in [0.25, 0.3) is 5.91 Å². The summed E-state index contributed by atoms with van der Waals surface area (Å²) in [6, 6.07) is 8.84. The lowest BCUT2D eigenvalue weighted by molar-refractivity contribution is -0.116. The Morgan fingerprint density at radius 2 is 2.12 bits per heavy atom. The molecule has 0 atom stereocenters. The van der Waals surface area contributed by atoms with E-state index in [9.17, 15) is 9.59 Å². The summed E-state index contributed by atoms with van der Waals surface area (Å²) in [5.41, 5.74) is 2.27. The predicted molar refractivity (Wildman–Crippen MR) is 107 cm³/mol. The number of nitrogens with one attached hydrogen (secondary N) is 1. The number of hydrogen-bond acceptors (Lipinski definition) is 5. The molecule has 8 heteroatoms. The minimum absolute atomic E-state index is 0.0591. The smallest absolute Gasteiger partial charge is 0.266 e. The van der Waals surface area contributed by atoms with E-state index in [1.54, 1.807) is 49.6 Å². The molecule has 0 saturated heterocycles. The van der Waals surface area contributed by atoms with Crippen molar-refractivity contribution in [3.05, 3.63) is 56.7 Å². The third kappa shape index (κ3) is 4.30. The van der Waals surface area contributed by atoms with Crippen LogP contribution < -0.4 is 5.32 Å². The Hall–Kier alpha value is -2.22. The van der Waals surface area contributed by atoms with Crippen molar-refractivity contribution in [3.63, 3.8) is 0 Å². The Morgan fingerprint density at radius 1 is 1.31 bits per heavy atom. The lowest BCUT2D eigenvalue weighted by atomic mass is 10.3. The first-order valence-corrected chi connectivity index (χ1v) is 9.88. The van der Waals surface area contributed by atoms with Crippen molar-refractivity contribution in [1.82, 2.24) is 9.88 Å². The summed E-state index contributed by atoms with van der Waals surface area (Å²) in [5, 5.41) is 8.05. The molecular formula is C18H16ClN3O2S2. The monoisotopic (exact) mass is 405 g/mol. The molecule has 2 heterocycles. The maximum atomic E-state index is 12.7. The van der Waals surface area contributed by atoms with E-state index in [0.717, 1.165) is 10.6 Å². The van der Waals surface area contributed by atoms with Crippen LogP contribution in [0.15, 0.2) is 41.1 Å². The molecule has 0 radical (unpaired) electrons. The van der Waals surface area contributed by atoms with Crippen molar-refractivity contribution in [2.45, 2.75) is 6.92 Å². The fraction of sp³-hybridized carbons (Fsp3) is 0.167. The zero-order chi connectivity index (χ0) is 18.7. The van der Waals surface area contributed by atoms with E-state index in [2.05, 4.69) is 10.3 Å². The predicted octanol–water partition coefficient (Wildman–Crippen LogP) is 4.54. The molecule has 1 N–H and O–H groups in total. The molecule has 0 aliphatic heterocycles. The Bertz CT molecular complexity index is 938. The Kier molecular flexibility index (Phi) is 5.70. The second kappa shape index (κ2) is 7.99. The summed E-state index contributed by atoms with van der Waals surface area (Å²) in [5.74, 6) is -0.508. The number of likely N-dealkylation sites (N-methyl/N-ethyl adjacent to an activating group) is 1. The summed E-state index contributed by atoms with van der Waals surface area (Å²) in [6.45, 7) is 1.75. The highest BCUT2D eigenvalue weighted by atomic mass is 35.5. The first kappa shape index (κ1) is 18.6. The molecule has 2 amide bonds. The fourth-order valence-electron chi connectivity index (χ4n) is 2.33. The van der Waals surface area contributed by atoms with Crippen molar-refractivity contribution in [2.75, 3.05) is 18.9 Å². The highest BCUT2D eigenvalue weighted by molar-refractivity contribution is 7.17. The quantitative estimate of drug-likeness (QED) is 0.677. The van der Waals surface area contributed by atoms with Gasteiger partial charge in [0.15, 0.2) is 0 Å². The number of amides is 2. The highest BCUT2D eigenvalue weighted by Gasteiger charge is 2.21. The van der Waals surface area contributed by atoms with Gasteiger partial charge < -0.3 is 10.2 Å². The molecule has 3 rings (SSSR count). The lowest BCUT2D eigenvalue weighted by Gasteiger charge is -2.16. The average Bonchev–Trinajstić information content (AvgIpc) is 3.23. The number of nitrogens with zero attached hydrogens (tertiary/aromatic N) is 2. The molecule has 1 aromatic carbocycles. The van der Waals surface area contributed by atoms with Crippen molar-refractivity contribution in [2.24, 2.45) is 0 Å². The van der Waals surface area contributed by atoms with Gasteiger partial charge >= 0.3 is 0 Å². The van der Waals surface area contributed by atoms with Crippen LogP contribution in [-0.2, 0) is 4.79 Å². The van der Waals surface area contributed by atoms with Gasteiger partial charge in [0.1, 0.15) is 9.88 Å². The van der Waals surface area contributed by atoms with E-state index >= 15 is 0 Å². The van der Waals surface area contributed by atoms with Gasteiger partial charge in [-0.05, 0) is 36.6 Å². The zero-order valence-corrected chi connectivity index (χ0v) is 16.5. The standard InChI is InChI=1S/C18H16ClN3O2S2/c1-11-16(26-17(20-11)12-6-7-25-10-12)18(24)22(2)9-15(23)21-14-5-3-4-13(19)8-14/h3-8,10H,9H2,1-2H3,(H,21,23). The first-order valence-electron chi connectivity index (χ1n) is 7.75. The van der Waals surface area contributed by atoms with Crippen LogP contribution >= 0.6 is 34.3 Å². The van der Waals surface area contributed by atoms with Gasteiger partial charge in [0.05, 0.1) is 12.2 Å². The number of hydrogen-bond donors (Lipinski definition) is 1. The van der Waals surface area contributed by atoms with E-state index in [-0.39, 0.29) is 18.4 Å². The van der Waals surface area contributed by atoms with Crippen LogP contribution in [-0.4, -0.2) is 35.3 Å². The molecule has 26 heavy (non-hydrogen) atoms. The second-order valence-electron chi connectivity index (χ2n) is 5.67. The van der Waals surface area contributed by atoms with Crippen LogP contribution in [0, 0.1) is 6.92 Å². The van der Waals surface area contributed by atoms with Crippen LogP contribution in [0.25, 0.3) is 10.6 Å². The SMILES string of the molecule is Cc1nc(-c2ccsc2)sc1C(=O)N(C)CC(=O)Nc1cccc(Cl)c1. The van der Waals surface area contributed by atoms with Crippen molar-refractivity contribution in [1.29, 1.82) is 0 Å². The van der Waals surface area contributed by atoms with E-state index in [4.69, 9.17) is 11.6 Å². The van der Waals surface area contributed by atoms with Gasteiger partial charge in [-0.3, -0.25) is 9.59 Å². The summed E-state index contributed by atoms with van der Waals surface area (Å²) in [7, 11) is 1.60. The molecule has 0 unspecified atom stereocenters. The number of benzene rings is 1. The third-order valence-electron chi connectivity index (χ3n) is 3.59. The van der Waals surface area contributed by atoms with E-state index in [1.165, 1.54) is 16.2 Å². The van der Waals surface area contributed by atoms with Crippen LogP contribution in [0.3, 0.4) is 0 Å². The molecule has 0 fully saturated rings. The number of aryl methyl sites for hydroxylation is 1. The van der Waals surface area contributed by atoms with Crippen LogP contribution in [0.2, 0.25) is 5.02 Å². The second-order valence-corrected chi connectivity index (χ2v) is 7.88. The van der Waals surface area contributed by atoms with Gasteiger partial charge in [0, 0.05) is 28.7 Å². The Morgan fingerprint density at radius 3 is 2.81 bits per heavy atom. The number of thiophene rings is 1. The number of halogens is 1. The molecule has 0 saturated carbocycles. The molecular weight excluding hydrogens is 390 g/mol. The molecule has 2 aromatic heterocycles. The van der Waals surface area contributed by atoms with Gasteiger partial charge in [-0.1, -0.05) is 17.7 Å². The average molecular weight is 406 g/mol. The van der Waals surface area contributed by atoms with Gasteiger partial charge in [-0.25, -0.2) is 4.98 Å². The fourth-order valence-corrected chi connectivity index (χ4v) is 4.29. The summed E-state index contributed by atoms with van der Waals surface area (Å²) >= 11 is 8.83. The molecule has 134 valence electrons. The first-order chi connectivity index (χ1) is 12.4. The van der Waals surface area contributed by atoms with Crippen LogP contribution in [0.5, 0.6) is 0 Å². The maximum Gasteiger partial charge on any atom is 0.266 e. The summed E-state index contributed by atoms with van der Waals surface area (Å²) < 4.78 is 0. The van der Waals surface area contributed by atoms with Crippen molar-refractivity contribution in [3.8, 4) is 10.6 Å². The molecule has 0 spiro atoms. The molecule has 3 aromatic rings. The van der Waals surface area contributed by atoms with E-state index in [1.807, 2.05) is 16.8 Å². The van der Waals surface area contributed by atoms with Crippen molar-refractivity contribution >= 4 is 51.8 Å². The molecule has 0 aliphatic carbocycles. The number of aromatic nitrogens is 1. The number of carbonyl (C=O) groups is 2. The topological polar surface area (TPSA) is 62.3 Å². The Labute approximate surface area is 164 Å². The minimum atomic E-state index is -0.289. The van der Waals surface area contributed by atoms with Gasteiger partial charge in [0.2, 0.25) is 5.91 Å². The molecule has 0 aliphatic rings. The number of carbonyl (C=O) groups excluding carboxylic acids is 2. The van der Waals surface area contributed by atoms with E-state index < -0.39 is 0 Å². The molecule has 5 nitrogen and oxygen atoms in total. The third-order valence-corrected chi connectivity index (χ3v) is 5.71. The van der Waals surface area contributed by atoms with Crippen LogP contribution in [0.4, 0.5) is 5.69 Å². The van der Waals surface area contributed by atoms with Crippen molar-refractivity contribution < 1.29 is 9.59 Å². The maximum absolute atomic E-state index is 12.7. The van der Waals surface area contributed by atoms with Gasteiger partial charge in [-0.15, -0.1) is 11.3 Å². The minimum Gasteiger partial charge on any atom is -0.332 e. The van der Waals surface area contributed by atoms with E-state index in [0.29, 0.717) is 21.3 Å². The number of rotatable bonds is 5. The Balaban J connectivity index is 1.67. The number of anilines is 1. The highest BCUT2D eigenvalue weighted by Crippen LogP contribution is 2.30. The summed E-state index contributed by atoms with van der Waals surface area (Å²) in [6.07, 6.45) is 0. The van der Waals surface area contributed by atoms with Crippen LogP contribution in [0.1, 0.15) is 15.4 Å². The summed E-state index contributed by atoms with van der Waals surface area (Å²) in [4.78, 5) is 31.3. The zero-order valence-electron chi connectivity index (χ0n) is 14.2. The number of thiazole rings is 1. The van der Waals surface area contributed by atoms with Gasteiger partial charge in [-0.2, -0.15) is 11.3 Å². The lowest BCUT2D eigenvalue weighted by Crippen LogP contribution is -2.34. The molecule has 0 bridgehead atoms. The largest absolute Gasteiger partial charge is 0.332 e. The normalized spacial score (nSPS) is 10.6.